The first kappa shape index (κ1) is 21.8. The van der Waals surface area contributed by atoms with Crippen molar-refractivity contribution in [1.82, 2.24) is 5.32 Å². The van der Waals surface area contributed by atoms with Gasteiger partial charge in [-0.15, -0.1) is 24.0 Å². The van der Waals surface area contributed by atoms with Gasteiger partial charge in [-0.25, -0.2) is 4.99 Å². The van der Waals surface area contributed by atoms with Crippen molar-refractivity contribution in [1.29, 1.82) is 0 Å². The fourth-order valence-electron chi connectivity index (χ4n) is 3.05. The lowest BCUT2D eigenvalue weighted by molar-refractivity contribution is 0.354. The van der Waals surface area contributed by atoms with E-state index in [4.69, 9.17) is 15.2 Å². The molecule has 1 aliphatic rings. The number of rotatable bonds is 7. The second kappa shape index (κ2) is 9.64. The number of benzene rings is 2. The molecule has 3 N–H and O–H groups in total. The number of hydrogen-bond acceptors (Lipinski definition) is 3. The maximum absolute atomic E-state index is 6.07. The molecule has 3 rings (SSSR count). The molecule has 5 nitrogen and oxygen atoms in total. The van der Waals surface area contributed by atoms with Crippen LogP contribution in [0.4, 0.5) is 0 Å². The first-order chi connectivity index (χ1) is 12.6. The lowest BCUT2D eigenvalue weighted by Gasteiger charge is -2.18. The van der Waals surface area contributed by atoms with Gasteiger partial charge in [-0.3, -0.25) is 0 Å². The molecule has 2 aromatic carbocycles. The molecule has 0 amide bonds. The number of nitrogens with zero attached hydrogens (tertiary/aromatic N) is 1. The van der Waals surface area contributed by atoms with Crippen molar-refractivity contribution >= 4 is 45.9 Å². The highest BCUT2D eigenvalue weighted by molar-refractivity contribution is 14.0. The zero-order valence-corrected chi connectivity index (χ0v) is 19.4. The largest absolute Gasteiger partial charge is 0.493 e. The van der Waals surface area contributed by atoms with Crippen LogP contribution in [0, 0.1) is 0 Å². The minimum atomic E-state index is 0. The van der Waals surface area contributed by atoms with E-state index in [1.165, 1.54) is 5.56 Å². The third-order valence-corrected chi connectivity index (χ3v) is 5.48. The van der Waals surface area contributed by atoms with E-state index in [1.54, 1.807) is 14.2 Å². The number of nitrogens with two attached hydrogens (primary N) is 1. The van der Waals surface area contributed by atoms with E-state index >= 15 is 0 Å². The molecule has 0 atom stereocenters. The standard InChI is InChI=1S/C20H24BrN3O2.HI/c1-25-17-8-7-14(11-18(17)26-2)12-23-19(22)24-13-20(9-10-20)15-5-3-4-6-16(15)21;/h3-8,11H,9-10,12-13H2,1-2H3,(H3,22,23,24);1H. The van der Waals surface area contributed by atoms with Crippen molar-refractivity contribution in [3.8, 4) is 11.5 Å². The molecular weight excluding hydrogens is 521 g/mol. The van der Waals surface area contributed by atoms with Crippen LogP contribution < -0.4 is 20.5 Å². The summed E-state index contributed by atoms with van der Waals surface area (Å²) in [6.45, 7) is 1.28. The summed E-state index contributed by atoms with van der Waals surface area (Å²) in [5.74, 6) is 1.85. The number of halogens is 2. The molecular formula is C20H25BrIN3O2. The maximum atomic E-state index is 6.07. The predicted octanol–water partition coefficient (Wildman–Crippen LogP) is 4.22. The normalized spacial score (nSPS) is 14.9. The molecule has 0 aromatic heterocycles. The van der Waals surface area contributed by atoms with Crippen LogP contribution in [0.3, 0.4) is 0 Å². The van der Waals surface area contributed by atoms with Crippen molar-refractivity contribution < 1.29 is 9.47 Å². The molecule has 7 heteroatoms. The zero-order valence-electron chi connectivity index (χ0n) is 15.5. The van der Waals surface area contributed by atoms with Gasteiger partial charge >= 0.3 is 0 Å². The quantitative estimate of drug-likeness (QED) is 0.310. The number of methoxy groups -OCH3 is 2. The Morgan fingerprint density at radius 2 is 1.85 bits per heavy atom. The molecule has 2 aromatic rings. The van der Waals surface area contributed by atoms with Crippen LogP contribution >= 0.6 is 39.9 Å². The second-order valence-corrected chi connectivity index (χ2v) is 7.36. The number of ether oxygens (including phenoxy) is 2. The Bertz CT molecular complexity index is 810. The van der Waals surface area contributed by atoms with Crippen molar-refractivity contribution in [2.24, 2.45) is 10.7 Å². The van der Waals surface area contributed by atoms with Gasteiger partial charge in [0.25, 0.3) is 0 Å². The summed E-state index contributed by atoms with van der Waals surface area (Å²) < 4.78 is 11.7. The fourth-order valence-corrected chi connectivity index (χ4v) is 3.76. The highest BCUT2D eigenvalue weighted by Gasteiger charge is 2.45. The van der Waals surface area contributed by atoms with Gasteiger partial charge in [-0.1, -0.05) is 40.2 Å². The number of hydrogen-bond donors (Lipinski definition) is 2. The Hall–Kier alpha value is -1.48. The Labute approximate surface area is 185 Å². The van der Waals surface area contributed by atoms with Crippen LogP contribution in [-0.4, -0.2) is 26.7 Å². The Balaban J connectivity index is 0.00000261. The summed E-state index contributed by atoms with van der Waals surface area (Å²) in [6.07, 6.45) is 2.32. The van der Waals surface area contributed by atoms with Crippen molar-refractivity contribution in [3.05, 3.63) is 58.1 Å². The van der Waals surface area contributed by atoms with E-state index in [-0.39, 0.29) is 29.4 Å². The third kappa shape index (κ3) is 5.28. The Morgan fingerprint density at radius 3 is 2.48 bits per heavy atom. The van der Waals surface area contributed by atoms with Gasteiger partial charge in [0.15, 0.2) is 17.5 Å². The van der Waals surface area contributed by atoms with Crippen LogP contribution in [0.5, 0.6) is 11.5 Å². The number of nitrogens with one attached hydrogen (secondary N) is 1. The molecule has 0 radical (unpaired) electrons. The molecule has 0 aliphatic heterocycles. The SMILES string of the molecule is COc1ccc(CN=C(N)NCC2(c3ccccc3Br)CC2)cc1OC.I. The molecule has 146 valence electrons. The average molecular weight is 546 g/mol. The Morgan fingerprint density at radius 1 is 1.15 bits per heavy atom. The van der Waals surface area contributed by atoms with Crippen molar-refractivity contribution in [3.63, 3.8) is 0 Å². The molecule has 0 saturated heterocycles. The lowest BCUT2D eigenvalue weighted by Crippen LogP contribution is -2.37. The van der Waals surface area contributed by atoms with Crippen LogP contribution in [-0.2, 0) is 12.0 Å². The van der Waals surface area contributed by atoms with Gasteiger partial charge in [-0.05, 0) is 42.2 Å². The third-order valence-electron chi connectivity index (χ3n) is 4.79. The summed E-state index contributed by atoms with van der Waals surface area (Å²) in [5, 5.41) is 3.28. The summed E-state index contributed by atoms with van der Waals surface area (Å²) in [4.78, 5) is 4.45. The summed E-state index contributed by atoms with van der Waals surface area (Å²) in [7, 11) is 3.24. The Kier molecular flexibility index (Phi) is 7.79. The average Bonchev–Trinajstić information content (AvgIpc) is 3.45. The van der Waals surface area contributed by atoms with E-state index in [1.807, 2.05) is 24.3 Å². The van der Waals surface area contributed by atoms with E-state index in [9.17, 15) is 0 Å². The molecule has 1 fully saturated rings. The van der Waals surface area contributed by atoms with Gasteiger partial charge < -0.3 is 20.5 Å². The zero-order chi connectivity index (χ0) is 18.6. The molecule has 27 heavy (non-hydrogen) atoms. The summed E-state index contributed by atoms with van der Waals surface area (Å²) in [6, 6.07) is 14.1. The van der Waals surface area contributed by atoms with Gasteiger partial charge in [0.1, 0.15) is 0 Å². The number of aliphatic imine (C=N–C) groups is 1. The van der Waals surface area contributed by atoms with Crippen LogP contribution in [0.2, 0.25) is 0 Å². The molecule has 1 saturated carbocycles. The van der Waals surface area contributed by atoms with Crippen LogP contribution in [0.25, 0.3) is 0 Å². The minimum absolute atomic E-state index is 0. The first-order valence-corrected chi connectivity index (χ1v) is 9.37. The molecule has 0 unspecified atom stereocenters. The van der Waals surface area contributed by atoms with Gasteiger partial charge in [0, 0.05) is 16.4 Å². The van der Waals surface area contributed by atoms with E-state index < -0.39 is 0 Å². The van der Waals surface area contributed by atoms with Gasteiger partial charge in [0.05, 0.1) is 20.8 Å². The topological polar surface area (TPSA) is 68.9 Å². The lowest BCUT2D eigenvalue weighted by atomic mass is 9.96. The molecule has 1 aliphatic carbocycles. The van der Waals surface area contributed by atoms with Gasteiger partial charge in [0.2, 0.25) is 0 Å². The predicted molar refractivity (Wildman–Crippen MR) is 123 cm³/mol. The monoisotopic (exact) mass is 545 g/mol. The van der Waals surface area contributed by atoms with Crippen molar-refractivity contribution in [2.45, 2.75) is 24.8 Å². The van der Waals surface area contributed by atoms with Gasteiger partial charge in [-0.2, -0.15) is 0 Å². The van der Waals surface area contributed by atoms with E-state index in [0.717, 1.165) is 29.4 Å². The fraction of sp³-hybridized carbons (Fsp3) is 0.350. The number of guanidine groups is 1. The molecule has 0 heterocycles. The molecule has 0 bridgehead atoms. The van der Waals surface area contributed by atoms with Crippen LogP contribution in [0.1, 0.15) is 24.0 Å². The van der Waals surface area contributed by atoms with E-state index in [0.29, 0.717) is 24.0 Å². The summed E-state index contributed by atoms with van der Waals surface area (Å²) in [5.41, 5.74) is 8.57. The highest BCUT2D eigenvalue weighted by Crippen LogP contribution is 2.49. The smallest absolute Gasteiger partial charge is 0.188 e. The van der Waals surface area contributed by atoms with Crippen LogP contribution in [0.15, 0.2) is 51.9 Å². The molecule has 0 spiro atoms. The maximum Gasteiger partial charge on any atom is 0.188 e. The minimum Gasteiger partial charge on any atom is -0.493 e. The second-order valence-electron chi connectivity index (χ2n) is 6.50. The van der Waals surface area contributed by atoms with E-state index in [2.05, 4.69) is 44.4 Å². The highest BCUT2D eigenvalue weighted by atomic mass is 127. The van der Waals surface area contributed by atoms with Crippen molar-refractivity contribution in [2.75, 3.05) is 20.8 Å². The summed E-state index contributed by atoms with van der Waals surface area (Å²) >= 11 is 3.65. The first-order valence-electron chi connectivity index (χ1n) is 8.58.